The SMILES string of the molecule is CC[C@H](Oc1ccc2c(c1)CCCC2)C(=O)Nc1nnc(-c2ccccc2)s1. The number of aromatic nitrogens is 2. The van der Waals surface area contributed by atoms with Crippen LogP contribution in [0.5, 0.6) is 5.75 Å². The first kappa shape index (κ1) is 18.6. The number of aryl methyl sites for hydroxylation is 2. The van der Waals surface area contributed by atoms with Crippen molar-refractivity contribution in [1.82, 2.24) is 10.2 Å². The molecule has 0 aliphatic heterocycles. The number of nitrogens with zero attached hydrogens (tertiary/aromatic N) is 2. The zero-order chi connectivity index (χ0) is 19.3. The Balaban J connectivity index is 1.42. The average Bonchev–Trinajstić information content (AvgIpc) is 3.21. The van der Waals surface area contributed by atoms with E-state index in [-0.39, 0.29) is 5.91 Å². The van der Waals surface area contributed by atoms with Gasteiger partial charge in [-0.05, 0) is 55.4 Å². The molecule has 0 radical (unpaired) electrons. The molecule has 0 bridgehead atoms. The lowest BCUT2D eigenvalue weighted by Gasteiger charge is -2.20. The molecule has 1 atom stereocenters. The standard InChI is InChI=1S/C22H23N3O2S/c1-2-19(27-18-13-12-15-8-6-7-11-17(15)14-18)20(26)23-22-25-24-21(28-22)16-9-4-3-5-10-16/h3-5,9-10,12-14,19H,2,6-8,11H2,1H3,(H,23,25,26)/t19-/m0/s1. The molecule has 1 aromatic heterocycles. The van der Waals surface area contributed by atoms with E-state index in [0.717, 1.165) is 29.2 Å². The first-order valence-corrected chi connectivity index (χ1v) is 10.5. The van der Waals surface area contributed by atoms with Crippen molar-refractivity contribution in [3.8, 4) is 16.3 Å². The second-order valence-electron chi connectivity index (χ2n) is 6.92. The minimum Gasteiger partial charge on any atom is -0.481 e. The molecule has 1 heterocycles. The van der Waals surface area contributed by atoms with Crippen LogP contribution in [0.1, 0.15) is 37.3 Å². The van der Waals surface area contributed by atoms with E-state index in [1.165, 1.54) is 35.3 Å². The van der Waals surface area contributed by atoms with Gasteiger partial charge in [-0.25, -0.2) is 0 Å². The molecule has 144 valence electrons. The van der Waals surface area contributed by atoms with E-state index in [0.29, 0.717) is 11.6 Å². The molecule has 1 N–H and O–H groups in total. The Kier molecular flexibility index (Phi) is 5.67. The van der Waals surface area contributed by atoms with Crippen molar-refractivity contribution in [3.05, 3.63) is 59.7 Å². The third-order valence-corrected chi connectivity index (χ3v) is 5.83. The minimum atomic E-state index is -0.564. The zero-order valence-electron chi connectivity index (χ0n) is 15.9. The van der Waals surface area contributed by atoms with E-state index in [4.69, 9.17) is 4.74 Å². The number of carbonyl (C=O) groups is 1. The van der Waals surface area contributed by atoms with Crippen LogP contribution in [0, 0.1) is 0 Å². The number of amides is 1. The lowest BCUT2D eigenvalue weighted by Crippen LogP contribution is -2.32. The number of hydrogen-bond donors (Lipinski definition) is 1. The van der Waals surface area contributed by atoms with Gasteiger partial charge in [0.1, 0.15) is 10.8 Å². The Morgan fingerprint density at radius 1 is 1.11 bits per heavy atom. The highest BCUT2D eigenvalue weighted by Gasteiger charge is 2.21. The first-order chi connectivity index (χ1) is 13.7. The predicted molar refractivity (Wildman–Crippen MR) is 112 cm³/mol. The Labute approximate surface area is 168 Å². The van der Waals surface area contributed by atoms with Crippen molar-refractivity contribution in [3.63, 3.8) is 0 Å². The maximum atomic E-state index is 12.7. The van der Waals surface area contributed by atoms with Crippen molar-refractivity contribution in [2.45, 2.75) is 45.1 Å². The number of nitrogens with one attached hydrogen (secondary N) is 1. The summed E-state index contributed by atoms with van der Waals surface area (Å²) in [5.74, 6) is 0.556. The first-order valence-electron chi connectivity index (χ1n) is 9.71. The van der Waals surface area contributed by atoms with E-state index >= 15 is 0 Å². The zero-order valence-corrected chi connectivity index (χ0v) is 16.7. The summed E-state index contributed by atoms with van der Waals surface area (Å²) in [6.07, 6.45) is 4.70. The number of benzene rings is 2. The molecule has 4 rings (SSSR count). The summed E-state index contributed by atoms with van der Waals surface area (Å²) < 4.78 is 6.00. The van der Waals surface area contributed by atoms with Crippen LogP contribution in [0.15, 0.2) is 48.5 Å². The Bertz CT molecular complexity index is 955. The normalized spacial score (nSPS) is 14.2. The number of fused-ring (bicyclic) bond motifs is 1. The van der Waals surface area contributed by atoms with Gasteiger partial charge < -0.3 is 4.74 Å². The second-order valence-corrected chi connectivity index (χ2v) is 7.90. The van der Waals surface area contributed by atoms with Gasteiger partial charge in [0.05, 0.1) is 0 Å². The Hall–Kier alpha value is -2.73. The molecule has 0 spiro atoms. The van der Waals surface area contributed by atoms with Crippen LogP contribution in [-0.4, -0.2) is 22.2 Å². The molecular formula is C22H23N3O2S. The number of hydrogen-bond acceptors (Lipinski definition) is 5. The van der Waals surface area contributed by atoms with Crippen LogP contribution >= 0.6 is 11.3 Å². The Morgan fingerprint density at radius 2 is 1.89 bits per heavy atom. The highest BCUT2D eigenvalue weighted by molar-refractivity contribution is 7.18. The van der Waals surface area contributed by atoms with Crippen LogP contribution in [-0.2, 0) is 17.6 Å². The number of rotatable bonds is 6. The molecule has 0 saturated heterocycles. The second kappa shape index (κ2) is 8.52. The number of anilines is 1. The molecule has 1 aliphatic carbocycles. The molecule has 0 saturated carbocycles. The van der Waals surface area contributed by atoms with E-state index in [9.17, 15) is 4.79 Å². The highest BCUT2D eigenvalue weighted by Crippen LogP contribution is 2.28. The smallest absolute Gasteiger partial charge is 0.267 e. The number of carbonyl (C=O) groups excluding carboxylic acids is 1. The van der Waals surface area contributed by atoms with Crippen LogP contribution in [0.2, 0.25) is 0 Å². The third kappa shape index (κ3) is 4.22. The van der Waals surface area contributed by atoms with Gasteiger partial charge in [-0.1, -0.05) is 54.7 Å². The summed E-state index contributed by atoms with van der Waals surface area (Å²) in [5.41, 5.74) is 3.73. The molecule has 3 aromatic rings. The van der Waals surface area contributed by atoms with Crippen LogP contribution in [0.3, 0.4) is 0 Å². The van der Waals surface area contributed by atoms with Gasteiger partial charge in [-0.15, -0.1) is 10.2 Å². The van der Waals surface area contributed by atoms with Crippen LogP contribution < -0.4 is 10.1 Å². The summed E-state index contributed by atoms with van der Waals surface area (Å²) in [6.45, 7) is 1.94. The number of ether oxygens (including phenoxy) is 1. The molecule has 0 unspecified atom stereocenters. The summed E-state index contributed by atoms with van der Waals surface area (Å²) in [6, 6.07) is 16.0. The molecule has 2 aromatic carbocycles. The predicted octanol–water partition coefficient (Wildman–Crippen LogP) is 4.88. The van der Waals surface area contributed by atoms with E-state index in [1.807, 2.05) is 43.3 Å². The highest BCUT2D eigenvalue weighted by atomic mass is 32.1. The minimum absolute atomic E-state index is 0.198. The summed E-state index contributed by atoms with van der Waals surface area (Å²) in [5, 5.41) is 12.4. The molecule has 1 amide bonds. The topological polar surface area (TPSA) is 64.1 Å². The molecule has 5 nitrogen and oxygen atoms in total. The largest absolute Gasteiger partial charge is 0.481 e. The molecule has 0 fully saturated rings. The summed E-state index contributed by atoms with van der Waals surface area (Å²) in [7, 11) is 0. The summed E-state index contributed by atoms with van der Waals surface area (Å²) in [4.78, 5) is 12.7. The fourth-order valence-electron chi connectivity index (χ4n) is 3.43. The lowest BCUT2D eigenvalue weighted by atomic mass is 9.92. The van der Waals surface area contributed by atoms with Crippen molar-refractivity contribution in [2.75, 3.05) is 5.32 Å². The van der Waals surface area contributed by atoms with Gasteiger partial charge in [0.2, 0.25) is 5.13 Å². The fourth-order valence-corrected chi connectivity index (χ4v) is 4.18. The monoisotopic (exact) mass is 393 g/mol. The van der Waals surface area contributed by atoms with E-state index < -0.39 is 6.10 Å². The van der Waals surface area contributed by atoms with Gasteiger partial charge in [0.25, 0.3) is 5.91 Å². The van der Waals surface area contributed by atoms with Gasteiger partial charge in [-0.3, -0.25) is 10.1 Å². The quantitative estimate of drug-likeness (QED) is 0.648. The van der Waals surface area contributed by atoms with Gasteiger partial charge in [0, 0.05) is 5.56 Å². The maximum absolute atomic E-state index is 12.7. The summed E-state index contributed by atoms with van der Waals surface area (Å²) >= 11 is 1.36. The molecular weight excluding hydrogens is 370 g/mol. The van der Waals surface area contributed by atoms with E-state index in [1.54, 1.807) is 0 Å². The van der Waals surface area contributed by atoms with Crippen molar-refractivity contribution >= 4 is 22.4 Å². The lowest BCUT2D eigenvalue weighted by molar-refractivity contribution is -0.122. The van der Waals surface area contributed by atoms with Crippen molar-refractivity contribution in [2.24, 2.45) is 0 Å². The fraction of sp³-hybridized carbons (Fsp3) is 0.318. The molecule has 1 aliphatic rings. The maximum Gasteiger partial charge on any atom is 0.267 e. The van der Waals surface area contributed by atoms with Gasteiger partial charge in [-0.2, -0.15) is 0 Å². The van der Waals surface area contributed by atoms with E-state index in [2.05, 4.69) is 27.6 Å². The van der Waals surface area contributed by atoms with Crippen molar-refractivity contribution in [1.29, 1.82) is 0 Å². The van der Waals surface area contributed by atoms with Gasteiger partial charge in [0.15, 0.2) is 6.10 Å². The van der Waals surface area contributed by atoms with Crippen LogP contribution in [0.4, 0.5) is 5.13 Å². The Morgan fingerprint density at radius 3 is 2.68 bits per heavy atom. The molecule has 28 heavy (non-hydrogen) atoms. The third-order valence-electron chi connectivity index (χ3n) is 4.94. The van der Waals surface area contributed by atoms with Crippen molar-refractivity contribution < 1.29 is 9.53 Å². The van der Waals surface area contributed by atoms with Crippen LogP contribution in [0.25, 0.3) is 10.6 Å². The molecule has 6 heteroatoms. The van der Waals surface area contributed by atoms with Gasteiger partial charge >= 0.3 is 0 Å². The average molecular weight is 394 g/mol.